The number of carbonyl (C=O) groups excluding carboxylic acids is 1. The lowest BCUT2D eigenvalue weighted by molar-refractivity contribution is -0.133. The second kappa shape index (κ2) is 4.78. The highest BCUT2D eigenvalue weighted by Crippen LogP contribution is 1.94. The molecule has 0 fully saturated rings. The molecule has 9 heavy (non-hydrogen) atoms. The van der Waals surface area contributed by atoms with Gasteiger partial charge in [-0.3, -0.25) is 4.79 Å². The third-order valence-electron chi connectivity index (χ3n) is 0.556. The molecule has 0 aliphatic heterocycles. The van der Waals surface area contributed by atoms with Gasteiger partial charge in [0.15, 0.2) is 0 Å². The Morgan fingerprint density at radius 2 is 2.33 bits per heavy atom. The number of carbonyl (C=O) groups is 1. The van der Waals surface area contributed by atoms with Crippen LogP contribution in [0.25, 0.3) is 0 Å². The van der Waals surface area contributed by atoms with Gasteiger partial charge in [0.05, 0.1) is 0 Å². The lowest BCUT2D eigenvalue weighted by Crippen LogP contribution is -2.18. The van der Waals surface area contributed by atoms with Crippen molar-refractivity contribution >= 4 is 25.6 Å². The van der Waals surface area contributed by atoms with Gasteiger partial charge in [0, 0.05) is 13.5 Å². The van der Waals surface area contributed by atoms with Crippen molar-refractivity contribution < 1.29 is 13.6 Å². The Morgan fingerprint density at radius 3 is 2.67 bits per heavy atom. The number of hydrogen-bond acceptors (Lipinski definition) is 3. The van der Waals surface area contributed by atoms with Gasteiger partial charge in [-0.1, -0.05) is 11.1 Å². The number of halogens is 1. The van der Waals surface area contributed by atoms with Crippen LogP contribution in [0.3, 0.4) is 0 Å². The highest BCUT2D eigenvalue weighted by molar-refractivity contribution is 7.00. The van der Waals surface area contributed by atoms with E-state index in [-0.39, 0.29) is 5.97 Å². The molecule has 3 nitrogen and oxygen atoms in total. The van der Waals surface area contributed by atoms with E-state index >= 15 is 0 Å². The van der Waals surface area contributed by atoms with Crippen LogP contribution in [-0.4, -0.2) is 21.2 Å². The minimum absolute atomic E-state index is 0.380. The van der Waals surface area contributed by atoms with Gasteiger partial charge in [0.1, 0.15) is 0 Å². The molecule has 1 unspecified atom stereocenters. The van der Waals surface area contributed by atoms with E-state index in [1.54, 1.807) is 6.92 Å². The molecule has 0 aliphatic rings. The van der Waals surface area contributed by atoms with Crippen LogP contribution in [0, 0.1) is 0 Å². The normalized spacial score (nSPS) is 12.8. The van der Waals surface area contributed by atoms with Crippen molar-refractivity contribution in [3.8, 4) is 0 Å². The van der Waals surface area contributed by atoms with E-state index in [2.05, 4.69) is 4.43 Å². The van der Waals surface area contributed by atoms with Crippen molar-refractivity contribution in [2.75, 3.05) is 6.61 Å². The van der Waals surface area contributed by atoms with E-state index in [1.165, 1.54) is 6.92 Å². The monoisotopic (exact) mass is 168 g/mol. The van der Waals surface area contributed by atoms with Gasteiger partial charge >= 0.3 is 8.59 Å². The maximum absolute atomic E-state index is 10.2. The SMILES string of the molecule is CCO[SiH](Cl)OC(C)=O. The largest absolute Gasteiger partial charge is 0.491 e. The van der Waals surface area contributed by atoms with Crippen LogP contribution in [0.4, 0.5) is 0 Å². The molecule has 5 heteroatoms. The average molecular weight is 169 g/mol. The Morgan fingerprint density at radius 1 is 1.78 bits per heavy atom. The minimum atomic E-state index is -2.14. The van der Waals surface area contributed by atoms with Crippen LogP contribution in [0.2, 0.25) is 0 Å². The number of rotatable bonds is 3. The smallest absolute Gasteiger partial charge is 0.485 e. The van der Waals surface area contributed by atoms with Gasteiger partial charge in [0.2, 0.25) is 0 Å². The van der Waals surface area contributed by atoms with E-state index in [0.717, 1.165) is 0 Å². The summed E-state index contributed by atoms with van der Waals surface area (Å²) >= 11 is 5.45. The summed E-state index contributed by atoms with van der Waals surface area (Å²) in [5.41, 5.74) is 0. The van der Waals surface area contributed by atoms with Crippen molar-refractivity contribution in [1.29, 1.82) is 0 Å². The van der Waals surface area contributed by atoms with Gasteiger partial charge in [-0.15, -0.1) is 0 Å². The Labute approximate surface area is 60.5 Å². The summed E-state index contributed by atoms with van der Waals surface area (Å²) in [4.78, 5) is 10.2. The lowest BCUT2D eigenvalue weighted by Gasteiger charge is -2.05. The zero-order chi connectivity index (χ0) is 7.28. The van der Waals surface area contributed by atoms with E-state index in [1.807, 2.05) is 0 Å². The van der Waals surface area contributed by atoms with Gasteiger partial charge in [0.25, 0.3) is 5.97 Å². The van der Waals surface area contributed by atoms with Gasteiger partial charge in [-0.25, -0.2) is 0 Å². The molecule has 0 spiro atoms. The summed E-state index contributed by atoms with van der Waals surface area (Å²) < 4.78 is 9.35. The van der Waals surface area contributed by atoms with E-state index < -0.39 is 8.59 Å². The lowest BCUT2D eigenvalue weighted by atomic mass is 10.9. The zero-order valence-corrected chi connectivity index (χ0v) is 7.30. The molecular formula is C4H9ClO3Si. The first kappa shape index (κ1) is 8.94. The Kier molecular flexibility index (Phi) is 4.75. The molecule has 0 N–H and O–H groups in total. The van der Waals surface area contributed by atoms with Crippen molar-refractivity contribution in [3.63, 3.8) is 0 Å². The summed E-state index contributed by atoms with van der Waals surface area (Å²) in [6.45, 7) is 3.60. The zero-order valence-electron chi connectivity index (χ0n) is 5.39. The van der Waals surface area contributed by atoms with Gasteiger partial charge < -0.3 is 8.85 Å². The summed E-state index contributed by atoms with van der Waals surface area (Å²) in [5.74, 6) is -0.380. The fourth-order valence-corrected chi connectivity index (χ4v) is 1.64. The van der Waals surface area contributed by atoms with Crippen LogP contribution in [0.5, 0.6) is 0 Å². The van der Waals surface area contributed by atoms with Crippen molar-refractivity contribution in [2.45, 2.75) is 13.8 Å². The second-order valence-corrected chi connectivity index (χ2v) is 3.53. The molecule has 0 rings (SSSR count). The van der Waals surface area contributed by atoms with Crippen LogP contribution < -0.4 is 0 Å². The minimum Gasteiger partial charge on any atom is -0.485 e. The maximum atomic E-state index is 10.2. The van der Waals surface area contributed by atoms with E-state index in [4.69, 9.17) is 15.5 Å². The molecule has 0 aliphatic carbocycles. The molecular weight excluding hydrogens is 160 g/mol. The molecule has 0 aromatic carbocycles. The molecule has 1 atom stereocenters. The van der Waals surface area contributed by atoms with Crippen molar-refractivity contribution in [1.82, 2.24) is 0 Å². The molecule has 0 amide bonds. The van der Waals surface area contributed by atoms with E-state index in [0.29, 0.717) is 6.61 Å². The van der Waals surface area contributed by atoms with Crippen LogP contribution >= 0.6 is 11.1 Å². The van der Waals surface area contributed by atoms with Crippen LogP contribution in [0.15, 0.2) is 0 Å². The van der Waals surface area contributed by atoms with Crippen LogP contribution in [0.1, 0.15) is 13.8 Å². The standard InChI is InChI=1S/C4H9ClO3Si/c1-3-7-9(5)8-4(2)6/h9H,3H2,1-2H3. The molecule has 0 bridgehead atoms. The summed E-state index contributed by atoms with van der Waals surface area (Å²) in [7, 11) is -2.14. The van der Waals surface area contributed by atoms with Gasteiger partial charge in [-0.05, 0) is 6.92 Å². The molecule has 0 aromatic rings. The first-order valence-corrected chi connectivity index (χ1v) is 5.28. The molecule has 0 radical (unpaired) electrons. The predicted octanol–water partition coefficient (Wildman–Crippen LogP) is 0.542. The quantitative estimate of drug-likeness (QED) is 0.456. The Bertz CT molecular complexity index is 97.8. The van der Waals surface area contributed by atoms with Gasteiger partial charge in [-0.2, -0.15) is 0 Å². The third-order valence-corrected chi connectivity index (χ3v) is 2.31. The summed E-state index contributed by atoms with van der Waals surface area (Å²) in [6, 6.07) is 0. The molecule has 0 heterocycles. The maximum Gasteiger partial charge on any atom is 0.491 e. The molecule has 0 saturated carbocycles. The highest BCUT2D eigenvalue weighted by Gasteiger charge is 2.10. The Balaban J connectivity index is 3.26. The summed E-state index contributed by atoms with van der Waals surface area (Å²) in [5, 5.41) is 0. The summed E-state index contributed by atoms with van der Waals surface area (Å²) in [6.07, 6.45) is 0. The van der Waals surface area contributed by atoms with Crippen LogP contribution in [-0.2, 0) is 13.6 Å². The Hall–Kier alpha value is -0.0631. The first-order chi connectivity index (χ1) is 4.16. The van der Waals surface area contributed by atoms with Crippen molar-refractivity contribution in [2.24, 2.45) is 0 Å². The topological polar surface area (TPSA) is 35.5 Å². The van der Waals surface area contributed by atoms with Crippen molar-refractivity contribution in [3.05, 3.63) is 0 Å². The average Bonchev–Trinajstić information content (AvgIpc) is 1.63. The number of hydrogen-bond donors (Lipinski definition) is 0. The second-order valence-electron chi connectivity index (χ2n) is 1.34. The molecule has 0 aromatic heterocycles. The fraction of sp³-hybridized carbons (Fsp3) is 0.750. The fourth-order valence-electron chi connectivity index (χ4n) is 0.296. The molecule has 0 saturated heterocycles. The first-order valence-electron chi connectivity index (χ1n) is 2.59. The van der Waals surface area contributed by atoms with E-state index in [9.17, 15) is 4.79 Å². The highest BCUT2D eigenvalue weighted by atomic mass is 35.6. The third kappa shape index (κ3) is 5.81. The predicted molar refractivity (Wildman–Crippen MR) is 36.4 cm³/mol. The molecule has 54 valence electrons.